The molecule has 0 bridgehead atoms. The third-order valence-electron chi connectivity index (χ3n) is 5.37. The maximum absolute atomic E-state index is 13.1. The number of nitrogens with two attached hydrogens (primary N) is 2. The number of aromatic hydroxyl groups is 1. The van der Waals surface area contributed by atoms with Gasteiger partial charge in [-0.15, -0.1) is 0 Å². The molecule has 11 heteroatoms. The summed E-state index contributed by atoms with van der Waals surface area (Å²) in [5, 5.41) is 26.0. The second kappa shape index (κ2) is 14.4. The van der Waals surface area contributed by atoms with E-state index in [-0.39, 0.29) is 44.5 Å². The topological polar surface area (TPSA) is 197 Å². The number of hydrogen-bond acceptors (Lipinski definition) is 7. The number of phenols is 1. The Morgan fingerprint density at radius 3 is 2.03 bits per heavy atom. The van der Waals surface area contributed by atoms with Crippen LogP contribution in [0, 0.1) is 0 Å². The van der Waals surface area contributed by atoms with Crippen LogP contribution < -0.4 is 27.4 Å². The van der Waals surface area contributed by atoms with Crippen molar-refractivity contribution in [1.29, 1.82) is 0 Å². The lowest BCUT2D eigenvalue weighted by molar-refractivity contribution is -0.137. The lowest BCUT2D eigenvalue weighted by Gasteiger charge is -2.24. The number of aliphatic carboxylic acids is 1. The van der Waals surface area contributed by atoms with Crippen LogP contribution in [0.5, 0.6) is 5.75 Å². The number of benzene rings is 2. The Balaban J connectivity index is 2.06. The SMILES string of the molecule is NCC[C@@H](NC(=O)[C@@H](N)Cc1ccc(O)cc1)C(=O)N[C@@H](Cc1ccccc1)C(=O)NCCC(=O)O. The van der Waals surface area contributed by atoms with Gasteiger partial charge in [-0.25, -0.2) is 0 Å². The average molecular weight is 500 g/mol. The number of phenolic OH excluding ortho intramolecular Hbond substituents is 1. The maximum Gasteiger partial charge on any atom is 0.305 e. The Morgan fingerprint density at radius 2 is 1.42 bits per heavy atom. The van der Waals surface area contributed by atoms with Crippen LogP contribution in [0.25, 0.3) is 0 Å². The Labute approximate surface area is 209 Å². The molecule has 0 aliphatic heterocycles. The van der Waals surface area contributed by atoms with Crippen LogP contribution in [-0.4, -0.2) is 65.1 Å². The fourth-order valence-electron chi connectivity index (χ4n) is 3.44. The zero-order valence-corrected chi connectivity index (χ0v) is 19.9. The molecule has 2 aromatic rings. The molecule has 36 heavy (non-hydrogen) atoms. The Hall–Kier alpha value is -3.96. The van der Waals surface area contributed by atoms with E-state index in [1.54, 1.807) is 36.4 Å². The number of amides is 3. The second-order valence-electron chi connectivity index (χ2n) is 8.30. The van der Waals surface area contributed by atoms with Gasteiger partial charge in [0.15, 0.2) is 0 Å². The first-order valence-electron chi connectivity index (χ1n) is 11.6. The largest absolute Gasteiger partial charge is 0.508 e. The lowest BCUT2D eigenvalue weighted by atomic mass is 10.0. The maximum atomic E-state index is 13.1. The van der Waals surface area contributed by atoms with Crippen LogP contribution in [-0.2, 0) is 32.0 Å². The van der Waals surface area contributed by atoms with E-state index in [0.717, 1.165) is 11.1 Å². The highest BCUT2D eigenvalue weighted by molar-refractivity contribution is 5.93. The molecule has 194 valence electrons. The van der Waals surface area contributed by atoms with Gasteiger partial charge in [-0.05, 0) is 42.6 Å². The van der Waals surface area contributed by atoms with Crippen molar-refractivity contribution in [1.82, 2.24) is 16.0 Å². The Bertz CT molecular complexity index is 1020. The third kappa shape index (κ3) is 9.72. The molecule has 0 unspecified atom stereocenters. The van der Waals surface area contributed by atoms with Crippen LogP contribution in [0.15, 0.2) is 54.6 Å². The minimum Gasteiger partial charge on any atom is -0.508 e. The summed E-state index contributed by atoms with van der Waals surface area (Å²) < 4.78 is 0. The first kappa shape index (κ1) is 28.3. The molecule has 0 aliphatic rings. The molecular formula is C25H33N5O6. The van der Waals surface area contributed by atoms with Crippen LogP contribution in [0.3, 0.4) is 0 Å². The quantitative estimate of drug-likeness (QED) is 0.179. The van der Waals surface area contributed by atoms with Crippen molar-refractivity contribution in [2.75, 3.05) is 13.1 Å². The van der Waals surface area contributed by atoms with Crippen molar-refractivity contribution in [2.45, 2.75) is 43.8 Å². The number of carbonyl (C=O) groups excluding carboxylic acids is 3. The van der Waals surface area contributed by atoms with Crippen molar-refractivity contribution in [2.24, 2.45) is 11.5 Å². The van der Waals surface area contributed by atoms with Gasteiger partial charge in [0.05, 0.1) is 12.5 Å². The van der Waals surface area contributed by atoms with E-state index in [0.29, 0.717) is 0 Å². The third-order valence-corrected chi connectivity index (χ3v) is 5.37. The molecule has 3 amide bonds. The van der Waals surface area contributed by atoms with Crippen molar-refractivity contribution < 1.29 is 29.4 Å². The summed E-state index contributed by atoms with van der Waals surface area (Å²) in [6.07, 6.45) is 0.200. The van der Waals surface area contributed by atoms with Crippen molar-refractivity contribution in [3.8, 4) is 5.75 Å². The molecular weight excluding hydrogens is 466 g/mol. The number of hydrogen-bond donors (Lipinski definition) is 7. The zero-order valence-electron chi connectivity index (χ0n) is 19.9. The summed E-state index contributed by atoms with van der Waals surface area (Å²) in [6, 6.07) is 12.3. The molecule has 0 spiro atoms. The molecule has 9 N–H and O–H groups in total. The standard InChI is InChI=1S/C25H33N5O6/c26-12-10-20(29-23(34)19(27)14-17-6-8-18(31)9-7-17)25(36)30-21(15-16-4-2-1-3-5-16)24(35)28-13-11-22(32)33/h1-9,19-21,31H,10-15,26-27H2,(H,28,35)(H,29,34)(H,30,36)(H,32,33)/t19-,20+,21-/m0/s1. The van der Waals surface area contributed by atoms with E-state index in [1.807, 2.05) is 6.07 Å². The van der Waals surface area contributed by atoms with Crippen LogP contribution in [0.1, 0.15) is 24.0 Å². The van der Waals surface area contributed by atoms with Crippen molar-refractivity contribution in [3.05, 3.63) is 65.7 Å². The summed E-state index contributed by atoms with van der Waals surface area (Å²) in [6.45, 7) is 0.00410. The molecule has 0 fully saturated rings. The van der Waals surface area contributed by atoms with E-state index in [9.17, 15) is 24.3 Å². The molecule has 0 aliphatic carbocycles. The number of rotatable bonds is 14. The molecule has 2 aromatic carbocycles. The second-order valence-corrected chi connectivity index (χ2v) is 8.30. The highest BCUT2D eigenvalue weighted by atomic mass is 16.4. The summed E-state index contributed by atoms with van der Waals surface area (Å²) in [7, 11) is 0. The van der Waals surface area contributed by atoms with E-state index in [1.165, 1.54) is 12.1 Å². The van der Waals surface area contributed by atoms with Gasteiger partial charge < -0.3 is 37.6 Å². The monoisotopic (exact) mass is 499 g/mol. The predicted octanol–water partition coefficient (Wildman–Crippen LogP) is -0.586. The van der Waals surface area contributed by atoms with Gasteiger partial charge >= 0.3 is 5.97 Å². The van der Waals surface area contributed by atoms with Crippen molar-refractivity contribution >= 4 is 23.7 Å². The lowest BCUT2D eigenvalue weighted by Crippen LogP contribution is -2.57. The number of carbonyl (C=O) groups is 4. The molecule has 2 rings (SSSR count). The van der Waals surface area contributed by atoms with E-state index in [2.05, 4.69) is 16.0 Å². The van der Waals surface area contributed by atoms with Gasteiger partial charge in [-0.3, -0.25) is 19.2 Å². The summed E-state index contributed by atoms with van der Waals surface area (Å²) >= 11 is 0. The van der Waals surface area contributed by atoms with Crippen molar-refractivity contribution in [3.63, 3.8) is 0 Å². The molecule has 11 nitrogen and oxygen atoms in total. The van der Waals surface area contributed by atoms with Gasteiger partial charge in [-0.2, -0.15) is 0 Å². The fraction of sp³-hybridized carbons (Fsp3) is 0.360. The van der Waals surface area contributed by atoms with E-state index >= 15 is 0 Å². The van der Waals surface area contributed by atoms with Gasteiger partial charge in [0.25, 0.3) is 0 Å². The number of nitrogens with one attached hydrogen (secondary N) is 3. The molecule has 0 saturated heterocycles. The van der Waals surface area contributed by atoms with E-state index < -0.39 is 41.8 Å². The smallest absolute Gasteiger partial charge is 0.305 e. The van der Waals surface area contributed by atoms with E-state index in [4.69, 9.17) is 16.6 Å². The molecule has 0 radical (unpaired) electrons. The van der Waals surface area contributed by atoms with Crippen LogP contribution >= 0.6 is 0 Å². The first-order chi connectivity index (χ1) is 17.2. The molecule has 0 aromatic heterocycles. The van der Waals surface area contributed by atoms with Gasteiger partial charge in [-0.1, -0.05) is 42.5 Å². The van der Waals surface area contributed by atoms with Gasteiger partial charge in [0.2, 0.25) is 17.7 Å². The van der Waals surface area contributed by atoms with Crippen LogP contribution in [0.4, 0.5) is 0 Å². The minimum atomic E-state index is -1.06. The van der Waals surface area contributed by atoms with Gasteiger partial charge in [0, 0.05) is 13.0 Å². The normalized spacial score (nSPS) is 13.2. The summed E-state index contributed by atoms with van der Waals surface area (Å²) in [5.41, 5.74) is 13.2. The number of carboxylic acids is 1. The Morgan fingerprint density at radius 1 is 0.806 bits per heavy atom. The molecule has 0 saturated carbocycles. The first-order valence-corrected chi connectivity index (χ1v) is 11.6. The number of carboxylic acid groups (broad SMARTS) is 1. The fourth-order valence-corrected chi connectivity index (χ4v) is 3.44. The Kier molecular flexibility index (Phi) is 11.3. The minimum absolute atomic E-state index is 0.0912. The molecule has 3 atom stereocenters. The predicted molar refractivity (Wildman–Crippen MR) is 133 cm³/mol. The zero-order chi connectivity index (χ0) is 26.5. The molecule has 0 heterocycles. The highest BCUT2D eigenvalue weighted by Crippen LogP contribution is 2.11. The summed E-state index contributed by atoms with van der Waals surface area (Å²) in [4.78, 5) is 49.2. The summed E-state index contributed by atoms with van der Waals surface area (Å²) in [5.74, 6) is -2.70. The van der Waals surface area contributed by atoms with Crippen LogP contribution in [0.2, 0.25) is 0 Å². The average Bonchev–Trinajstić information content (AvgIpc) is 2.85. The van der Waals surface area contributed by atoms with Gasteiger partial charge in [0.1, 0.15) is 17.8 Å². The highest BCUT2D eigenvalue weighted by Gasteiger charge is 2.28.